The molecule has 3 aromatic heterocycles. The Hall–Kier alpha value is -6.29. The third-order valence-corrected chi connectivity index (χ3v) is 12.2. The first kappa shape index (κ1) is 28.5. The predicted molar refractivity (Wildman–Crippen MR) is 214 cm³/mol. The Kier molecular flexibility index (Phi) is 6.07. The first-order chi connectivity index (χ1) is 25.3. The molecule has 0 fully saturated rings. The van der Waals surface area contributed by atoms with Gasteiger partial charge in [0.2, 0.25) is 0 Å². The second-order valence-corrected chi connectivity index (χ2v) is 14.5. The van der Waals surface area contributed by atoms with Crippen LogP contribution in [0.15, 0.2) is 182 Å². The maximum Gasteiger partial charge on any atom is 0.0963 e. The third-order valence-electron chi connectivity index (χ3n) is 10.9. The van der Waals surface area contributed by atoms with Gasteiger partial charge in [0.25, 0.3) is 0 Å². The summed E-state index contributed by atoms with van der Waals surface area (Å²) in [5.74, 6) is 0. The average molecular weight is 667 g/mol. The summed E-state index contributed by atoms with van der Waals surface area (Å²) in [5, 5.41) is 3.81. The lowest BCUT2D eigenvalue weighted by Crippen LogP contribution is -2.28. The van der Waals surface area contributed by atoms with E-state index in [2.05, 4.69) is 180 Å². The van der Waals surface area contributed by atoms with E-state index in [4.69, 9.17) is 4.98 Å². The van der Waals surface area contributed by atoms with Crippen LogP contribution >= 0.6 is 11.3 Å². The monoisotopic (exact) mass is 666 g/mol. The second-order valence-electron chi connectivity index (χ2n) is 13.5. The quantitative estimate of drug-likeness (QED) is 0.183. The first-order valence-electron chi connectivity index (χ1n) is 17.5. The van der Waals surface area contributed by atoms with Crippen LogP contribution in [0.25, 0.3) is 70.0 Å². The number of benzene rings is 7. The van der Waals surface area contributed by atoms with E-state index >= 15 is 0 Å². The zero-order valence-electron chi connectivity index (χ0n) is 27.6. The van der Waals surface area contributed by atoms with Crippen molar-refractivity contribution in [2.45, 2.75) is 5.41 Å². The summed E-state index contributed by atoms with van der Waals surface area (Å²) in [6, 6.07) is 64.6. The van der Waals surface area contributed by atoms with E-state index in [1.54, 1.807) is 0 Å². The summed E-state index contributed by atoms with van der Waals surface area (Å²) in [7, 11) is 0. The van der Waals surface area contributed by atoms with Gasteiger partial charge in [-0.05, 0) is 87.0 Å². The number of rotatable bonds is 4. The van der Waals surface area contributed by atoms with E-state index in [0.717, 1.165) is 27.6 Å². The van der Waals surface area contributed by atoms with Crippen LogP contribution < -0.4 is 0 Å². The summed E-state index contributed by atoms with van der Waals surface area (Å²) in [5.41, 5.74) is 14.1. The van der Waals surface area contributed by atoms with Crippen LogP contribution in [0.2, 0.25) is 0 Å². The number of fused-ring (bicyclic) bond motifs is 9. The highest BCUT2D eigenvalue weighted by molar-refractivity contribution is 7.26. The molecule has 0 atom stereocenters. The van der Waals surface area contributed by atoms with Gasteiger partial charge in [-0.15, -0.1) is 11.3 Å². The van der Waals surface area contributed by atoms with Crippen LogP contribution in [0, 0.1) is 0 Å². The Morgan fingerprint density at radius 2 is 1.16 bits per heavy atom. The van der Waals surface area contributed by atoms with Crippen LogP contribution in [0.1, 0.15) is 22.3 Å². The summed E-state index contributed by atoms with van der Waals surface area (Å²) in [6.07, 6.45) is 1.92. The van der Waals surface area contributed by atoms with Crippen molar-refractivity contribution in [2.24, 2.45) is 0 Å². The Bertz CT molecular complexity index is 2910. The van der Waals surface area contributed by atoms with Crippen LogP contribution in [0.4, 0.5) is 0 Å². The zero-order chi connectivity index (χ0) is 33.5. The van der Waals surface area contributed by atoms with Crippen LogP contribution in [0.3, 0.4) is 0 Å². The molecular weight excluding hydrogens is 637 g/mol. The molecule has 0 amide bonds. The molecule has 1 aliphatic carbocycles. The molecule has 51 heavy (non-hydrogen) atoms. The molecule has 10 aromatic rings. The summed E-state index contributed by atoms with van der Waals surface area (Å²) in [4.78, 5) is 5.02. The van der Waals surface area contributed by atoms with Gasteiger partial charge in [-0.3, -0.25) is 4.98 Å². The molecule has 2 nitrogen and oxygen atoms in total. The molecule has 0 radical (unpaired) electrons. The molecule has 0 bridgehead atoms. The van der Waals surface area contributed by atoms with E-state index in [-0.39, 0.29) is 0 Å². The van der Waals surface area contributed by atoms with Crippen molar-refractivity contribution >= 4 is 53.4 Å². The lowest BCUT2D eigenvalue weighted by Gasteiger charge is -2.33. The average Bonchev–Trinajstić information content (AvgIpc) is 3.84. The number of hydrogen-bond donors (Lipinski definition) is 0. The molecule has 0 spiro atoms. The van der Waals surface area contributed by atoms with Crippen molar-refractivity contribution in [3.63, 3.8) is 0 Å². The molecule has 7 aromatic carbocycles. The van der Waals surface area contributed by atoms with E-state index in [1.807, 2.05) is 17.5 Å². The Morgan fingerprint density at radius 1 is 0.471 bits per heavy atom. The van der Waals surface area contributed by atoms with Gasteiger partial charge in [0.15, 0.2) is 0 Å². The van der Waals surface area contributed by atoms with Gasteiger partial charge in [-0.1, -0.05) is 133 Å². The minimum atomic E-state index is -0.457. The van der Waals surface area contributed by atoms with Crippen LogP contribution in [0.5, 0.6) is 0 Å². The van der Waals surface area contributed by atoms with Gasteiger partial charge in [-0.25, -0.2) is 0 Å². The molecule has 1 aliphatic rings. The molecule has 0 saturated heterocycles. The fraction of sp³-hybridized carbons (Fsp3) is 0.0208. The number of hydrogen-bond acceptors (Lipinski definition) is 2. The second kappa shape index (κ2) is 10.9. The highest BCUT2D eigenvalue weighted by Gasteiger charge is 2.46. The maximum atomic E-state index is 5.02. The standard InChI is InChI=1S/C48H30N2S/c1-3-13-32(14-4-1)48(33-15-5-2-6-16-33)41-21-9-7-17-36(41)39-30-44-40(29-42(39)48)46-43(22-12-28-49-46)50(44)34-26-24-31(25-27-34)35-19-11-20-38-37-18-8-10-23-45(37)51-47(35)38/h1-30H. The molecule has 0 aliphatic heterocycles. The molecule has 0 N–H and O–H groups in total. The van der Waals surface area contributed by atoms with Gasteiger partial charge in [-0.2, -0.15) is 0 Å². The van der Waals surface area contributed by atoms with Crippen molar-refractivity contribution < 1.29 is 0 Å². The SMILES string of the molecule is c1ccc(C2(c3ccccc3)c3ccccc3-c3cc4c(cc32)c2ncccc2n4-c2ccc(-c3cccc4c3sc3ccccc34)cc2)cc1. The minimum absolute atomic E-state index is 0.457. The fourth-order valence-electron chi connectivity index (χ4n) is 8.81. The lowest BCUT2D eigenvalue weighted by molar-refractivity contribution is 0.769. The molecule has 3 heteroatoms. The maximum absolute atomic E-state index is 5.02. The van der Waals surface area contributed by atoms with Crippen LogP contribution in [-0.4, -0.2) is 9.55 Å². The first-order valence-corrected chi connectivity index (χ1v) is 18.3. The van der Waals surface area contributed by atoms with Gasteiger partial charge >= 0.3 is 0 Å². The van der Waals surface area contributed by atoms with Gasteiger partial charge in [0.1, 0.15) is 0 Å². The van der Waals surface area contributed by atoms with E-state index in [1.165, 1.54) is 64.7 Å². The van der Waals surface area contributed by atoms with Gasteiger partial charge in [0.05, 0.1) is 22.0 Å². The largest absolute Gasteiger partial charge is 0.308 e. The van der Waals surface area contributed by atoms with Crippen molar-refractivity contribution in [3.8, 4) is 27.9 Å². The predicted octanol–water partition coefficient (Wildman–Crippen LogP) is 12.6. The van der Waals surface area contributed by atoms with Crippen molar-refractivity contribution in [2.75, 3.05) is 0 Å². The Balaban J connectivity index is 1.15. The lowest BCUT2D eigenvalue weighted by atomic mass is 9.67. The highest BCUT2D eigenvalue weighted by atomic mass is 32.1. The molecule has 11 rings (SSSR count). The highest BCUT2D eigenvalue weighted by Crippen LogP contribution is 2.57. The van der Waals surface area contributed by atoms with E-state index < -0.39 is 5.41 Å². The summed E-state index contributed by atoms with van der Waals surface area (Å²) in [6.45, 7) is 0. The number of nitrogens with zero attached hydrogens (tertiary/aromatic N) is 2. The normalized spacial score (nSPS) is 13.3. The minimum Gasteiger partial charge on any atom is -0.308 e. The summed E-state index contributed by atoms with van der Waals surface area (Å²) < 4.78 is 5.06. The molecule has 3 heterocycles. The van der Waals surface area contributed by atoms with E-state index in [0.29, 0.717) is 0 Å². The van der Waals surface area contributed by atoms with Crippen molar-refractivity contribution in [1.29, 1.82) is 0 Å². The van der Waals surface area contributed by atoms with Gasteiger partial charge in [0, 0.05) is 37.4 Å². The molecular formula is C48H30N2S. The number of aromatic nitrogens is 2. The summed E-state index contributed by atoms with van der Waals surface area (Å²) >= 11 is 1.88. The Morgan fingerprint density at radius 3 is 1.96 bits per heavy atom. The third kappa shape index (κ3) is 3.95. The van der Waals surface area contributed by atoms with Crippen molar-refractivity contribution in [1.82, 2.24) is 9.55 Å². The molecule has 238 valence electrons. The molecule has 0 unspecified atom stereocenters. The van der Waals surface area contributed by atoms with Crippen molar-refractivity contribution in [3.05, 3.63) is 204 Å². The zero-order valence-corrected chi connectivity index (χ0v) is 28.4. The van der Waals surface area contributed by atoms with Crippen LogP contribution in [-0.2, 0) is 5.41 Å². The smallest absolute Gasteiger partial charge is 0.0963 e. The number of pyridine rings is 1. The Labute approximate surface area is 299 Å². The van der Waals surface area contributed by atoms with Gasteiger partial charge < -0.3 is 4.57 Å². The number of thiophene rings is 1. The van der Waals surface area contributed by atoms with E-state index in [9.17, 15) is 0 Å². The topological polar surface area (TPSA) is 17.8 Å². The fourth-order valence-corrected chi connectivity index (χ4v) is 10.0. The molecule has 0 saturated carbocycles.